The van der Waals surface area contributed by atoms with Crippen LogP contribution in [0.5, 0.6) is 0 Å². The van der Waals surface area contributed by atoms with Crippen LogP contribution >= 0.6 is 0 Å². The lowest BCUT2D eigenvalue weighted by atomic mass is 10.3. The van der Waals surface area contributed by atoms with Crippen molar-refractivity contribution >= 4 is 11.8 Å². The van der Waals surface area contributed by atoms with E-state index in [-0.39, 0.29) is 25.0 Å². The number of carbonyl (C=O) groups excluding carboxylic acids is 2. The first-order chi connectivity index (χ1) is 7.24. The average molecular weight is 214 g/mol. The van der Waals surface area contributed by atoms with Crippen molar-refractivity contribution in [1.29, 1.82) is 0 Å². The predicted molar refractivity (Wildman–Crippen MR) is 55.1 cm³/mol. The molecule has 5 heteroatoms. The molecule has 1 aliphatic heterocycles. The number of amides is 2. The van der Waals surface area contributed by atoms with Crippen molar-refractivity contribution < 1.29 is 14.7 Å². The number of nitrogens with zero attached hydrogens (tertiary/aromatic N) is 1. The Morgan fingerprint density at radius 1 is 1.47 bits per heavy atom. The summed E-state index contributed by atoms with van der Waals surface area (Å²) in [5.74, 6) is -0.0382. The standard InChI is InChI=1S/C10H18N2O3/c13-7-2-1-5-11-9(14)8-12-6-3-4-10(12)15/h13H,1-8H2,(H,11,14). The highest BCUT2D eigenvalue weighted by Gasteiger charge is 2.21. The molecule has 1 heterocycles. The second kappa shape index (κ2) is 6.40. The first kappa shape index (κ1) is 12.0. The molecule has 1 aliphatic rings. The Hall–Kier alpha value is -1.10. The van der Waals surface area contributed by atoms with E-state index in [0.29, 0.717) is 25.9 Å². The molecular weight excluding hydrogens is 196 g/mol. The summed E-state index contributed by atoms with van der Waals surface area (Å²) in [6.07, 6.45) is 2.90. The molecule has 86 valence electrons. The molecule has 0 atom stereocenters. The van der Waals surface area contributed by atoms with Gasteiger partial charge in [-0.25, -0.2) is 0 Å². The monoisotopic (exact) mass is 214 g/mol. The largest absolute Gasteiger partial charge is 0.396 e. The van der Waals surface area contributed by atoms with Crippen LogP contribution < -0.4 is 5.32 Å². The first-order valence-corrected chi connectivity index (χ1v) is 5.39. The van der Waals surface area contributed by atoms with Gasteiger partial charge in [-0.3, -0.25) is 9.59 Å². The average Bonchev–Trinajstić information content (AvgIpc) is 2.59. The van der Waals surface area contributed by atoms with Crippen molar-refractivity contribution in [3.8, 4) is 0 Å². The molecule has 1 fully saturated rings. The van der Waals surface area contributed by atoms with Gasteiger partial charge in [-0.1, -0.05) is 0 Å². The van der Waals surface area contributed by atoms with Crippen LogP contribution in [0.25, 0.3) is 0 Å². The Kier molecular flexibility index (Phi) is 5.10. The van der Waals surface area contributed by atoms with E-state index in [1.54, 1.807) is 4.90 Å². The number of nitrogens with one attached hydrogen (secondary N) is 1. The third-order valence-corrected chi connectivity index (χ3v) is 2.41. The van der Waals surface area contributed by atoms with Gasteiger partial charge in [-0.2, -0.15) is 0 Å². The van der Waals surface area contributed by atoms with Gasteiger partial charge in [0.1, 0.15) is 0 Å². The van der Waals surface area contributed by atoms with Crippen molar-refractivity contribution in [1.82, 2.24) is 10.2 Å². The number of hydrogen-bond donors (Lipinski definition) is 2. The number of aliphatic hydroxyl groups excluding tert-OH is 1. The zero-order chi connectivity index (χ0) is 11.1. The number of aliphatic hydroxyl groups is 1. The molecule has 0 unspecified atom stereocenters. The van der Waals surface area contributed by atoms with Gasteiger partial charge in [0.05, 0.1) is 6.54 Å². The third-order valence-electron chi connectivity index (χ3n) is 2.41. The minimum atomic E-state index is -0.108. The van der Waals surface area contributed by atoms with Crippen LogP contribution in [0.2, 0.25) is 0 Å². The van der Waals surface area contributed by atoms with Gasteiger partial charge < -0.3 is 15.3 Å². The molecule has 0 spiro atoms. The molecule has 0 aromatic carbocycles. The Morgan fingerprint density at radius 2 is 2.27 bits per heavy atom. The summed E-state index contributed by atoms with van der Waals surface area (Å²) in [5.41, 5.74) is 0. The molecule has 2 amide bonds. The van der Waals surface area contributed by atoms with Crippen molar-refractivity contribution in [3.63, 3.8) is 0 Å². The van der Waals surface area contributed by atoms with Crippen LogP contribution in [0.3, 0.4) is 0 Å². The van der Waals surface area contributed by atoms with Crippen molar-refractivity contribution in [2.45, 2.75) is 25.7 Å². The van der Waals surface area contributed by atoms with Crippen molar-refractivity contribution in [2.75, 3.05) is 26.2 Å². The highest BCUT2D eigenvalue weighted by atomic mass is 16.3. The van der Waals surface area contributed by atoms with Gasteiger partial charge in [-0.15, -0.1) is 0 Å². The fourth-order valence-electron chi connectivity index (χ4n) is 1.57. The molecule has 2 N–H and O–H groups in total. The van der Waals surface area contributed by atoms with Gasteiger partial charge in [0.15, 0.2) is 0 Å². The van der Waals surface area contributed by atoms with Gasteiger partial charge in [0.25, 0.3) is 0 Å². The molecule has 0 radical (unpaired) electrons. The lowest BCUT2D eigenvalue weighted by Gasteiger charge is -2.14. The second-order valence-corrected chi connectivity index (χ2v) is 3.70. The maximum Gasteiger partial charge on any atom is 0.239 e. The Labute approximate surface area is 89.4 Å². The summed E-state index contributed by atoms with van der Waals surface area (Å²) in [4.78, 5) is 24.1. The van der Waals surface area contributed by atoms with Crippen LogP contribution in [0, 0.1) is 0 Å². The SMILES string of the molecule is O=C(CN1CCCC1=O)NCCCCO. The summed E-state index contributed by atoms with van der Waals surface area (Å²) in [7, 11) is 0. The first-order valence-electron chi connectivity index (χ1n) is 5.39. The highest BCUT2D eigenvalue weighted by molar-refractivity contribution is 5.85. The third kappa shape index (κ3) is 4.29. The lowest BCUT2D eigenvalue weighted by Crippen LogP contribution is -2.38. The number of unbranched alkanes of at least 4 members (excludes halogenated alkanes) is 1. The summed E-state index contributed by atoms with van der Waals surface area (Å²) >= 11 is 0. The van der Waals surface area contributed by atoms with E-state index in [9.17, 15) is 9.59 Å². The second-order valence-electron chi connectivity index (χ2n) is 3.70. The molecule has 0 aromatic rings. The molecule has 1 rings (SSSR count). The quantitative estimate of drug-likeness (QED) is 0.585. The van der Waals surface area contributed by atoms with E-state index >= 15 is 0 Å². The molecular formula is C10H18N2O3. The van der Waals surface area contributed by atoms with Crippen LogP contribution in [-0.2, 0) is 9.59 Å². The minimum absolute atomic E-state index is 0.0699. The van der Waals surface area contributed by atoms with E-state index in [0.717, 1.165) is 12.8 Å². The van der Waals surface area contributed by atoms with Gasteiger partial charge in [0.2, 0.25) is 11.8 Å². The van der Waals surface area contributed by atoms with Gasteiger partial charge in [-0.05, 0) is 19.3 Å². The summed E-state index contributed by atoms with van der Waals surface area (Å²) in [6.45, 7) is 1.60. The Balaban J connectivity index is 2.10. The minimum Gasteiger partial charge on any atom is -0.396 e. The maximum absolute atomic E-state index is 11.3. The maximum atomic E-state index is 11.3. The Bertz CT molecular complexity index is 231. The van der Waals surface area contributed by atoms with E-state index in [2.05, 4.69) is 5.32 Å². The van der Waals surface area contributed by atoms with Crippen LogP contribution in [-0.4, -0.2) is 48.1 Å². The Morgan fingerprint density at radius 3 is 2.87 bits per heavy atom. The molecule has 0 bridgehead atoms. The topological polar surface area (TPSA) is 69.6 Å². The van der Waals surface area contributed by atoms with Gasteiger partial charge in [0, 0.05) is 26.1 Å². The van der Waals surface area contributed by atoms with Crippen LogP contribution in [0.15, 0.2) is 0 Å². The highest BCUT2D eigenvalue weighted by Crippen LogP contribution is 2.08. The fraction of sp³-hybridized carbons (Fsp3) is 0.800. The predicted octanol–water partition coefficient (Wildman–Crippen LogP) is -0.502. The smallest absolute Gasteiger partial charge is 0.239 e. The number of carbonyl (C=O) groups is 2. The van der Waals surface area contributed by atoms with E-state index < -0.39 is 0 Å². The number of rotatable bonds is 6. The zero-order valence-electron chi connectivity index (χ0n) is 8.87. The van der Waals surface area contributed by atoms with Crippen LogP contribution in [0.4, 0.5) is 0 Å². The van der Waals surface area contributed by atoms with Gasteiger partial charge >= 0.3 is 0 Å². The van der Waals surface area contributed by atoms with Crippen molar-refractivity contribution in [2.24, 2.45) is 0 Å². The van der Waals surface area contributed by atoms with Crippen LogP contribution in [0.1, 0.15) is 25.7 Å². The van der Waals surface area contributed by atoms with E-state index in [4.69, 9.17) is 5.11 Å². The molecule has 5 nitrogen and oxygen atoms in total. The fourth-order valence-corrected chi connectivity index (χ4v) is 1.57. The summed E-state index contributed by atoms with van der Waals surface area (Å²) in [6, 6.07) is 0. The lowest BCUT2D eigenvalue weighted by molar-refractivity contribution is -0.133. The molecule has 0 aromatic heterocycles. The number of hydrogen-bond acceptors (Lipinski definition) is 3. The molecule has 15 heavy (non-hydrogen) atoms. The normalized spacial score (nSPS) is 15.8. The van der Waals surface area contributed by atoms with Crippen molar-refractivity contribution in [3.05, 3.63) is 0 Å². The van der Waals surface area contributed by atoms with E-state index in [1.807, 2.05) is 0 Å². The molecule has 0 saturated carbocycles. The molecule has 1 saturated heterocycles. The number of likely N-dealkylation sites (tertiary alicyclic amines) is 1. The van der Waals surface area contributed by atoms with E-state index in [1.165, 1.54) is 0 Å². The summed E-state index contributed by atoms with van der Waals surface area (Å²) in [5, 5.41) is 11.3. The zero-order valence-corrected chi connectivity index (χ0v) is 8.87. The summed E-state index contributed by atoms with van der Waals surface area (Å²) < 4.78 is 0. The molecule has 0 aliphatic carbocycles.